The number of halogens is 2. The van der Waals surface area contributed by atoms with Gasteiger partial charge in [0.05, 0.1) is 16.9 Å². The van der Waals surface area contributed by atoms with E-state index < -0.39 is 0 Å². The number of hydrogen-bond acceptors (Lipinski definition) is 5. The summed E-state index contributed by atoms with van der Waals surface area (Å²) in [6.07, 6.45) is 1.62. The van der Waals surface area contributed by atoms with E-state index in [2.05, 4.69) is 15.3 Å². The summed E-state index contributed by atoms with van der Waals surface area (Å²) >= 11 is 13.4. The van der Waals surface area contributed by atoms with Crippen molar-refractivity contribution in [2.24, 2.45) is 10.2 Å². The van der Waals surface area contributed by atoms with Crippen LogP contribution in [0.1, 0.15) is 22.3 Å². The van der Waals surface area contributed by atoms with Crippen LogP contribution in [0, 0.1) is 0 Å². The van der Waals surface area contributed by atoms with E-state index in [4.69, 9.17) is 23.2 Å². The molecule has 0 aliphatic carbocycles. The van der Waals surface area contributed by atoms with E-state index in [1.165, 1.54) is 11.6 Å². The molecule has 8 heteroatoms. The van der Waals surface area contributed by atoms with Gasteiger partial charge in [-0.1, -0.05) is 64.9 Å². The molecule has 0 radical (unpaired) electrons. The second-order valence-corrected chi connectivity index (χ2v) is 6.81. The van der Waals surface area contributed by atoms with E-state index in [0.29, 0.717) is 25.5 Å². The van der Waals surface area contributed by atoms with Crippen molar-refractivity contribution in [2.45, 2.75) is 6.92 Å². The smallest absolute Gasteiger partial charge is 0.233 e. The zero-order valence-electron chi connectivity index (χ0n) is 13.1. The van der Waals surface area contributed by atoms with Crippen molar-refractivity contribution in [3.63, 3.8) is 0 Å². The van der Waals surface area contributed by atoms with E-state index in [1.54, 1.807) is 24.4 Å². The summed E-state index contributed by atoms with van der Waals surface area (Å²) in [5, 5.41) is 13.8. The molecule has 3 aromatic rings. The summed E-state index contributed by atoms with van der Waals surface area (Å²) in [5.41, 5.74) is 1.45. The largest absolute Gasteiger partial charge is 0.292 e. The van der Waals surface area contributed by atoms with Crippen LogP contribution < -0.4 is 4.80 Å². The average molecular weight is 391 g/mol. The first kappa shape index (κ1) is 17.5. The molecule has 0 saturated heterocycles. The molecule has 0 saturated carbocycles. The Morgan fingerprint density at radius 1 is 1.20 bits per heavy atom. The molecule has 2 aromatic carbocycles. The van der Waals surface area contributed by atoms with E-state index >= 15 is 0 Å². The lowest BCUT2D eigenvalue weighted by Crippen LogP contribution is -2.14. The Bertz CT molecular complexity index is 1010. The minimum Gasteiger partial charge on any atom is -0.292 e. The molecule has 0 atom stereocenters. The molecule has 0 fully saturated rings. The van der Waals surface area contributed by atoms with Crippen LogP contribution in [-0.4, -0.2) is 21.8 Å². The second-order valence-electron chi connectivity index (χ2n) is 5.01. The normalized spacial score (nSPS) is 12.0. The Hall–Kier alpha value is -2.28. The standard InChI is InChI=1S/C17H12Cl2N4OS/c1-11(24)16-22-23(15-9-13(18)7-8-14(15)19)17(25-16)21-20-10-12-5-3-2-4-6-12/h2-10H,1H3/b20-10+,21-17-. The van der Waals surface area contributed by atoms with E-state index in [1.807, 2.05) is 30.3 Å². The first-order valence-corrected chi connectivity index (χ1v) is 8.80. The van der Waals surface area contributed by atoms with Crippen LogP contribution in [0.4, 0.5) is 0 Å². The molecule has 5 nitrogen and oxygen atoms in total. The van der Waals surface area contributed by atoms with Gasteiger partial charge in [-0.3, -0.25) is 4.79 Å². The molecule has 0 aliphatic rings. The number of carbonyl (C=O) groups excluding carboxylic acids is 1. The molecule has 0 bridgehead atoms. The van der Waals surface area contributed by atoms with Crippen molar-refractivity contribution >= 4 is 46.5 Å². The molecule has 1 heterocycles. The number of rotatable bonds is 4. The van der Waals surface area contributed by atoms with Crippen LogP contribution in [0.3, 0.4) is 0 Å². The van der Waals surface area contributed by atoms with Gasteiger partial charge in [-0.25, -0.2) is 4.68 Å². The van der Waals surface area contributed by atoms with Crippen molar-refractivity contribution in [1.29, 1.82) is 0 Å². The summed E-state index contributed by atoms with van der Waals surface area (Å²) in [6.45, 7) is 1.44. The predicted octanol–water partition coefficient (Wildman–Crippen LogP) is 4.38. The van der Waals surface area contributed by atoms with Crippen molar-refractivity contribution in [3.05, 3.63) is 73.9 Å². The van der Waals surface area contributed by atoms with Gasteiger partial charge in [0.15, 0.2) is 10.8 Å². The van der Waals surface area contributed by atoms with E-state index in [0.717, 1.165) is 16.9 Å². The topological polar surface area (TPSA) is 59.6 Å². The number of aromatic nitrogens is 2. The highest BCUT2D eigenvalue weighted by Crippen LogP contribution is 2.23. The average Bonchev–Trinajstić information content (AvgIpc) is 3.02. The first-order chi connectivity index (χ1) is 12.0. The second kappa shape index (κ2) is 7.74. The monoisotopic (exact) mass is 390 g/mol. The minimum absolute atomic E-state index is 0.162. The zero-order chi connectivity index (χ0) is 17.8. The lowest BCUT2D eigenvalue weighted by atomic mass is 10.2. The van der Waals surface area contributed by atoms with Gasteiger partial charge in [0.2, 0.25) is 4.80 Å². The number of hydrogen-bond donors (Lipinski definition) is 0. The quantitative estimate of drug-likeness (QED) is 0.377. The number of Topliss-reactive ketones (excluding diaryl/α,β-unsaturated/α-hetero) is 1. The van der Waals surface area contributed by atoms with Crippen molar-refractivity contribution in [3.8, 4) is 5.69 Å². The number of carbonyl (C=O) groups is 1. The van der Waals surface area contributed by atoms with Gasteiger partial charge in [0.25, 0.3) is 0 Å². The fraction of sp³-hybridized carbons (Fsp3) is 0.0588. The lowest BCUT2D eigenvalue weighted by Gasteiger charge is -2.04. The molecule has 0 amide bonds. The third-order valence-corrected chi connectivity index (χ3v) is 4.70. The van der Waals surface area contributed by atoms with Crippen LogP contribution in [0.2, 0.25) is 10.0 Å². The van der Waals surface area contributed by atoms with Gasteiger partial charge in [0, 0.05) is 11.9 Å². The van der Waals surface area contributed by atoms with Gasteiger partial charge < -0.3 is 0 Å². The molecule has 25 heavy (non-hydrogen) atoms. The Morgan fingerprint density at radius 2 is 1.96 bits per heavy atom. The summed E-state index contributed by atoms with van der Waals surface area (Å²) in [7, 11) is 0. The lowest BCUT2D eigenvalue weighted by molar-refractivity contribution is 0.101. The summed E-state index contributed by atoms with van der Waals surface area (Å²) in [6, 6.07) is 14.6. The van der Waals surface area contributed by atoms with Crippen molar-refractivity contribution in [2.75, 3.05) is 0 Å². The highest BCUT2D eigenvalue weighted by atomic mass is 35.5. The van der Waals surface area contributed by atoms with Crippen LogP contribution in [-0.2, 0) is 0 Å². The molecule has 0 N–H and O–H groups in total. The van der Waals surface area contributed by atoms with Crippen LogP contribution in [0.5, 0.6) is 0 Å². The zero-order valence-corrected chi connectivity index (χ0v) is 15.4. The Morgan fingerprint density at radius 3 is 2.68 bits per heavy atom. The third kappa shape index (κ3) is 4.22. The molecule has 3 rings (SSSR count). The molecular weight excluding hydrogens is 379 g/mol. The van der Waals surface area contributed by atoms with Gasteiger partial charge in [-0.05, 0) is 23.8 Å². The minimum atomic E-state index is -0.162. The van der Waals surface area contributed by atoms with Crippen LogP contribution in [0.25, 0.3) is 5.69 Å². The van der Waals surface area contributed by atoms with E-state index in [-0.39, 0.29) is 5.78 Å². The number of benzene rings is 2. The predicted molar refractivity (Wildman–Crippen MR) is 101 cm³/mol. The maximum absolute atomic E-state index is 11.7. The molecule has 1 aromatic heterocycles. The summed E-state index contributed by atoms with van der Waals surface area (Å²) in [5.74, 6) is -0.162. The summed E-state index contributed by atoms with van der Waals surface area (Å²) in [4.78, 5) is 12.1. The molecule has 126 valence electrons. The van der Waals surface area contributed by atoms with Crippen molar-refractivity contribution < 1.29 is 4.79 Å². The molecule has 0 unspecified atom stereocenters. The number of ketones is 1. The highest BCUT2D eigenvalue weighted by Gasteiger charge is 2.13. The fourth-order valence-electron chi connectivity index (χ4n) is 1.98. The third-order valence-electron chi connectivity index (χ3n) is 3.15. The molecule has 0 aliphatic heterocycles. The Balaban J connectivity index is 2.09. The number of nitrogens with zero attached hydrogens (tertiary/aromatic N) is 4. The SMILES string of the molecule is CC(=O)c1nn(-c2cc(Cl)ccc2Cl)/c(=N/N=C/c2ccccc2)s1. The molecular formula is C17H12Cl2N4OS. The van der Waals surface area contributed by atoms with Gasteiger partial charge in [-0.15, -0.1) is 5.10 Å². The van der Waals surface area contributed by atoms with Crippen molar-refractivity contribution in [1.82, 2.24) is 9.78 Å². The van der Waals surface area contributed by atoms with Crippen LogP contribution in [0.15, 0.2) is 58.7 Å². The first-order valence-electron chi connectivity index (χ1n) is 7.23. The maximum atomic E-state index is 11.7. The van der Waals surface area contributed by atoms with Gasteiger partial charge in [0.1, 0.15) is 0 Å². The maximum Gasteiger partial charge on any atom is 0.233 e. The highest BCUT2D eigenvalue weighted by molar-refractivity contribution is 7.11. The Kier molecular flexibility index (Phi) is 5.43. The molecule has 0 spiro atoms. The van der Waals surface area contributed by atoms with Gasteiger partial charge in [-0.2, -0.15) is 10.2 Å². The van der Waals surface area contributed by atoms with E-state index in [9.17, 15) is 4.79 Å². The van der Waals surface area contributed by atoms with Gasteiger partial charge >= 0.3 is 0 Å². The Labute approximate surface area is 157 Å². The fourth-order valence-corrected chi connectivity index (χ4v) is 3.09. The summed E-state index contributed by atoms with van der Waals surface area (Å²) < 4.78 is 1.47. The van der Waals surface area contributed by atoms with Crippen LogP contribution >= 0.6 is 34.5 Å².